The Morgan fingerprint density at radius 2 is 1.93 bits per heavy atom. The van der Waals surface area contributed by atoms with Crippen molar-refractivity contribution in [3.05, 3.63) is 35.4 Å². The standard InChI is InChI=1S/C20H25N3O3S2/c1-2-14-8-10-15(11-9-14)17(24)12-26-18(25)13-27-20-23-22-19(28-20)21-16-6-4-3-5-7-16/h8-11,16H,2-7,12-13H2,1H3,(H,21,22). The summed E-state index contributed by atoms with van der Waals surface area (Å²) in [6, 6.07) is 7.85. The Morgan fingerprint density at radius 1 is 1.18 bits per heavy atom. The van der Waals surface area contributed by atoms with Gasteiger partial charge in [0.25, 0.3) is 0 Å². The topological polar surface area (TPSA) is 81.2 Å². The van der Waals surface area contributed by atoms with E-state index in [1.807, 2.05) is 12.1 Å². The van der Waals surface area contributed by atoms with Crippen LogP contribution in [-0.4, -0.2) is 40.4 Å². The predicted octanol–water partition coefficient (Wildman–Crippen LogP) is 4.36. The maximum atomic E-state index is 12.1. The number of carbonyl (C=O) groups excluding carboxylic acids is 2. The molecule has 0 spiro atoms. The Kier molecular flexibility index (Phi) is 7.85. The molecule has 0 radical (unpaired) electrons. The number of nitrogens with one attached hydrogen (secondary N) is 1. The van der Waals surface area contributed by atoms with Crippen molar-refractivity contribution in [1.29, 1.82) is 0 Å². The second-order valence-electron chi connectivity index (χ2n) is 6.78. The number of hydrogen-bond donors (Lipinski definition) is 1. The van der Waals surface area contributed by atoms with Crippen LogP contribution in [0.4, 0.5) is 5.13 Å². The van der Waals surface area contributed by atoms with E-state index in [4.69, 9.17) is 4.74 Å². The summed E-state index contributed by atoms with van der Waals surface area (Å²) < 4.78 is 5.82. The van der Waals surface area contributed by atoms with Crippen molar-refractivity contribution in [3.63, 3.8) is 0 Å². The fourth-order valence-corrected chi connectivity index (χ4v) is 4.69. The number of rotatable bonds is 9. The molecule has 0 unspecified atom stereocenters. The average molecular weight is 420 g/mol. The second kappa shape index (κ2) is 10.6. The number of aromatic nitrogens is 2. The van der Waals surface area contributed by atoms with Gasteiger partial charge in [0.15, 0.2) is 16.7 Å². The third kappa shape index (κ3) is 6.31. The molecule has 0 amide bonds. The summed E-state index contributed by atoms with van der Waals surface area (Å²) in [7, 11) is 0. The highest BCUT2D eigenvalue weighted by Crippen LogP contribution is 2.28. The minimum absolute atomic E-state index is 0.111. The maximum Gasteiger partial charge on any atom is 0.316 e. The van der Waals surface area contributed by atoms with Crippen LogP contribution in [0.15, 0.2) is 28.6 Å². The number of esters is 1. The second-order valence-corrected chi connectivity index (χ2v) is 8.98. The number of thioether (sulfide) groups is 1. The quantitative estimate of drug-likeness (QED) is 0.367. The molecule has 1 saturated carbocycles. The first-order chi connectivity index (χ1) is 13.6. The molecule has 1 aromatic carbocycles. The van der Waals surface area contributed by atoms with Crippen LogP contribution < -0.4 is 5.32 Å². The van der Waals surface area contributed by atoms with Crippen molar-refractivity contribution in [2.24, 2.45) is 0 Å². The van der Waals surface area contributed by atoms with Gasteiger partial charge < -0.3 is 10.1 Å². The molecule has 28 heavy (non-hydrogen) atoms. The Hall–Kier alpha value is -1.93. The van der Waals surface area contributed by atoms with E-state index in [1.54, 1.807) is 12.1 Å². The minimum atomic E-state index is -0.430. The normalized spacial score (nSPS) is 14.6. The van der Waals surface area contributed by atoms with Gasteiger partial charge in [0.1, 0.15) is 0 Å². The minimum Gasteiger partial charge on any atom is -0.457 e. The van der Waals surface area contributed by atoms with Gasteiger partial charge in [0, 0.05) is 11.6 Å². The molecule has 2 aromatic rings. The molecule has 1 aliphatic rings. The van der Waals surface area contributed by atoms with E-state index in [0.717, 1.165) is 15.9 Å². The van der Waals surface area contributed by atoms with Gasteiger partial charge in [-0.05, 0) is 24.8 Å². The number of aryl methyl sites for hydroxylation is 1. The zero-order valence-corrected chi connectivity index (χ0v) is 17.6. The van der Waals surface area contributed by atoms with Crippen LogP contribution in [0.25, 0.3) is 0 Å². The number of Topliss-reactive ketones (excluding diaryl/α,β-unsaturated/α-hetero) is 1. The van der Waals surface area contributed by atoms with E-state index in [-0.39, 0.29) is 18.1 Å². The Labute approximate surface area is 173 Å². The number of hydrogen-bond acceptors (Lipinski definition) is 8. The van der Waals surface area contributed by atoms with E-state index in [2.05, 4.69) is 22.4 Å². The lowest BCUT2D eigenvalue weighted by Crippen LogP contribution is -2.21. The molecular formula is C20H25N3O3S2. The lowest BCUT2D eigenvalue weighted by Gasteiger charge is -2.21. The third-order valence-corrected chi connectivity index (χ3v) is 6.66. The van der Waals surface area contributed by atoms with Crippen molar-refractivity contribution in [3.8, 4) is 0 Å². The summed E-state index contributed by atoms with van der Waals surface area (Å²) >= 11 is 2.73. The molecule has 0 saturated heterocycles. The van der Waals surface area contributed by atoms with Crippen molar-refractivity contribution in [2.75, 3.05) is 17.7 Å². The van der Waals surface area contributed by atoms with Gasteiger partial charge in [-0.15, -0.1) is 10.2 Å². The summed E-state index contributed by atoms with van der Waals surface area (Å²) in [5, 5.41) is 12.5. The first-order valence-electron chi connectivity index (χ1n) is 9.64. The van der Waals surface area contributed by atoms with Gasteiger partial charge in [0.2, 0.25) is 5.13 Å². The molecule has 150 valence electrons. The fourth-order valence-electron chi connectivity index (χ4n) is 3.07. The molecule has 0 aliphatic heterocycles. The monoisotopic (exact) mass is 419 g/mol. The Morgan fingerprint density at radius 3 is 2.64 bits per heavy atom. The summed E-state index contributed by atoms with van der Waals surface area (Å²) in [6.45, 7) is 1.82. The predicted molar refractivity (Wildman–Crippen MR) is 112 cm³/mol. The maximum absolute atomic E-state index is 12.1. The van der Waals surface area contributed by atoms with Crippen LogP contribution in [0, 0.1) is 0 Å². The van der Waals surface area contributed by atoms with E-state index in [1.165, 1.54) is 60.8 Å². The van der Waals surface area contributed by atoms with Gasteiger partial charge in [0.05, 0.1) is 5.75 Å². The lowest BCUT2D eigenvalue weighted by atomic mass is 9.96. The van der Waals surface area contributed by atoms with E-state index in [0.29, 0.717) is 11.6 Å². The van der Waals surface area contributed by atoms with E-state index < -0.39 is 5.97 Å². The average Bonchev–Trinajstić information content (AvgIpc) is 3.18. The van der Waals surface area contributed by atoms with Gasteiger partial charge in [-0.2, -0.15) is 0 Å². The fraction of sp³-hybridized carbons (Fsp3) is 0.500. The highest BCUT2D eigenvalue weighted by molar-refractivity contribution is 8.01. The van der Waals surface area contributed by atoms with Crippen molar-refractivity contribution in [1.82, 2.24) is 10.2 Å². The number of anilines is 1. The Bertz CT molecular complexity index is 786. The SMILES string of the molecule is CCc1ccc(C(=O)COC(=O)CSc2nnc(NC3CCCCC3)s2)cc1. The smallest absolute Gasteiger partial charge is 0.316 e. The number of benzene rings is 1. The number of nitrogens with zero attached hydrogens (tertiary/aromatic N) is 2. The van der Waals surface area contributed by atoms with Gasteiger partial charge in [-0.1, -0.05) is 73.6 Å². The molecule has 3 rings (SSSR count). The molecule has 1 fully saturated rings. The molecule has 1 N–H and O–H groups in total. The molecule has 0 atom stereocenters. The van der Waals surface area contributed by atoms with Crippen molar-refractivity contribution >= 4 is 40.0 Å². The number of ketones is 1. The summed E-state index contributed by atoms with van der Waals surface area (Å²) in [5.41, 5.74) is 1.72. The number of carbonyl (C=O) groups is 2. The molecule has 8 heteroatoms. The van der Waals surface area contributed by atoms with Crippen LogP contribution in [0.2, 0.25) is 0 Å². The van der Waals surface area contributed by atoms with Crippen LogP contribution >= 0.6 is 23.1 Å². The van der Waals surface area contributed by atoms with Crippen LogP contribution in [0.3, 0.4) is 0 Å². The van der Waals surface area contributed by atoms with Gasteiger partial charge in [-0.3, -0.25) is 9.59 Å². The molecule has 1 heterocycles. The van der Waals surface area contributed by atoms with Crippen LogP contribution in [-0.2, 0) is 16.0 Å². The van der Waals surface area contributed by atoms with E-state index in [9.17, 15) is 9.59 Å². The summed E-state index contributed by atoms with van der Waals surface area (Å²) in [4.78, 5) is 24.0. The first-order valence-corrected chi connectivity index (χ1v) is 11.4. The lowest BCUT2D eigenvalue weighted by molar-refractivity contribution is -0.139. The first kappa shape index (κ1) is 20.8. The van der Waals surface area contributed by atoms with Crippen molar-refractivity contribution < 1.29 is 14.3 Å². The Balaban J connectivity index is 1.38. The zero-order valence-electron chi connectivity index (χ0n) is 16.0. The largest absolute Gasteiger partial charge is 0.457 e. The highest BCUT2D eigenvalue weighted by atomic mass is 32.2. The van der Waals surface area contributed by atoms with Crippen molar-refractivity contribution in [2.45, 2.75) is 55.8 Å². The summed E-state index contributed by atoms with van der Waals surface area (Å²) in [5.74, 6) is -0.517. The zero-order chi connectivity index (χ0) is 19.8. The van der Waals surface area contributed by atoms with Crippen LogP contribution in [0.5, 0.6) is 0 Å². The third-order valence-electron chi connectivity index (χ3n) is 4.70. The van der Waals surface area contributed by atoms with E-state index >= 15 is 0 Å². The number of ether oxygens (including phenoxy) is 1. The molecule has 0 bridgehead atoms. The van der Waals surface area contributed by atoms with Crippen LogP contribution in [0.1, 0.15) is 54.9 Å². The summed E-state index contributed by atoms with van der Waals surface area (Å²) in [6.07, 6.45) is 7.08. The van der Waals surface area contributed by atoms with Gasteiger partial charge in [-0.25, -0.2) is 0 Å². The molecular weight excluding hydrogens is 394 g/mol. The molecule has 6 nitrogen and oxygen atoms in total. The highest BCUT2D eigenvalue weighted by Gasteiger charge is 2.16. The van der Waals surface area contributed by atoms with Gasteiger partial charge >= 0.3 is 5.97 Å². The molecule has 1 aliphatic carbocycles. The molecule has 1 aromatic heterocycles.